The lowest BCUT2D eigenvalue weighted by Crippen LogP contribution is -2.46. The SMILES string of the molecule is CNC1CCCN(S(=O)(=O)c2cnn(C(C)C)c2)C1. The van der Waals surface area contributed by atoms with Gasteiger partial charge in [0.05, 0.1) is 6.20 Å². The molecular formula is C12H22N4O2S. The van der Waals surface area contributed by atoms with Crippen molar-refractivity contribution in [2.75, 3.05) is 20.1 Å². The van der Waals surface area contributed by atoms with Crippen LogP contribution in [-0.4, -0.2) is 48.7 Å². The number of piperidine rings is 1. The van der Waals surface area contributed by atoms with Crippen LogP contribution in [0.3, 0.4) is 0 Å². The van der Waals surface area contributed by atoms with Crippen LogP contribution in [0.5, 0.6) is 0 Å². The van der Waals surface area contributed by atoms with Gasteiger partial charge in [0.2, 0.25) is 10.0 Å². The van der Waals surface area contributed by atoms with Crippen LogP contribution in [0.1, 0.15) is 32.7 Å². The molecule has 0 aromatic carbocycles. The second-order valence-electron chi connectivity index (χ2n) is 5.24. The minimum absolute atomic E-state index is 0.162. The van der Waals surface area contributed by atoms with Gasteiger partial charge in [-0.3, -0.25) is 4.68 Å². The van der Waals surface area contributed by atoms with Gasteiger partial charge in [-0.1, -0.05) is 0 Å². The van der Waals surface area contributed by atoms with Crippen molar-refractivity contribution in [3.63, 3.8) is 0 Å². The van der Waals surface area contributed by atoms with Gasteiger partial charge in [-0.15, -0.1) is 0 Å². The summed E-state index contributed by atoms with van der Waals surface area (Å²) in [5, 5.41) is 7.27. The van der Waals surface area contributed by atoms with Crippen LogP contribution in [0.25, 0.3) is 0 Å². The van der Waals surface area contributed by atoms with Gasteiger partial charge in [-0.05, 0) is 33.7 Å². The van der Waals surface area contributed by atoms with Gasteiger partial charge < -0.3 is 5.32 Å². The Morgan fingerprint density at radius 1 is 1.47 bits per heavy atom. The second-order valence-corrected chi connectivity index (χ2v) is 7.18. The molecule has 0 aliphatic carbocycles. The maximum absolute atomic E-state index is 12.5. The summed E-state index contributed by atoms with van der Waals surface area (Å²) in [5.74, 6) is 0. The Labute approximate surface area is 114 Å². The molecule has 1 saturated heterocycles. The fraction of sp³-hybridized carbons (Fsp3) is 0.750. The first-order chi connectivity index (χ1) is 8.95. The number of rotatable bonds is 4. The molecule has 0 spiro atoms. The van der Waals surface area contributed by atoms with Gasteiger partial charge in [0.25, 0.3) is 0 Å². The molecule has 1 aromatic heterocycles. The number of sulfonamides is 1. The first kappa shape index (κ1) is 14.5. The highest BCUT2D eigenvalue weighted by Crippen LogP contribution is 2.21. The van der Waals surface area contributed by atoms with E-state index in [4.69, 9.17) is 0 Å². The van der Waals surface area contributed by atoms with E-state index in [1.165, 1.54) is 6.20 Å². The number of nitrogens with one attached hydrogen (secondary N) is 1. The standard InChI is InChI=1S/C12H22N4O2S/c1-10(2)16-9-12(7-14-16)19(17,18)15-6-4-5-11(8-15)13-3/h7,9-11,13H,4-6,8H2,1-3H3. The van der Waals surface area contributed by atoms with E-state index in [0.29, 0.717) is 13.1 Å². The van der Waals surface area contributed by atoms with Crippen molar-refractivity contribution in [2.24, 2.45) is 0 Å². The molecular weight excluding hydrogens is 264 g/mol. The quantitative estimate of drug-likeness (QED) is 0.890. The van der Waals surface area contributed by atoms with E-state index in [9.17, 15) is 8.42 Å². The summed E-state index contributed by atoms with van der Waals surface area (Å²) >= 11 is 0. The minimum Gasteiger partial charge on any atom is -0.316 e. The number of likely N-dealkylation sites (N-methyl/N-ethyl adjacent to an activating group) is 1. The summed E-state index contributed by atoms with van der Waals surface area (Å²) in [7, 11) is -1.54. The summed E-state index contributed by atoms with van der Waals surface area (Å²) in [4.78, 5) is 0.290. The Morgan fingerprint density at radius 2 is 2.21 bits per heavy atom. The zero-order valence-electron chi connectivity index (χ0n) is 11.7. The molecule has 1 aromatic rings. The van der Waals surface area contributed by atoms with Crippen LogP contribution in [0.15, 0.2) is 17.3 Å². The molecule has 1 unspecified atom stereocenters. The monoisotopic (exact) mass is 286 g/mol. The van der Waals surface area contributed by atoms with E-state index in [-0.39, 0.29) is 17.0 Å². The Bertz CT molecular complexity index is 524. The Kier molecular flexibility index (Phi) is 4.27. The van der Waals surface area contributed by atoms with Crippen LogP contribution in [-0.2, 0) is 10.0 Å². The fourth-order valence-corrected chi connectivity index (χ4v) is 3.75. The summed E-state index contributed by atoms with van der Waals surface area (Å²) in [6.45, 7) is 5.07. The molecule has 2 rings (SSSR count). The van der Waals surface area contributed by atoms with Crippen molar-refractivity contribution >= 4 is 10.0 Å². The van der Waals surface area contributed by atoms with Crippen LogP contribution in [0.2, 0.25) is 0 Å². The van der Waals surface area contributed by atoms with Crippen molar-refractivity contribution in [1.82, 2.24) is 19.4 Å². The van der Waals surface area contributed by atoms with E-state index in [2.05, 4.69) is 10.4 Å². The number of aromatic nitrogens is 2. The molecule has 7 heteroatoms. The third-order valence-corrected chi connectivity index (χ3v) is 5.36. The van der Waals surface area contributed by atoms with E-state index in [1.807, 2.05) is 20.9 Å². The average Bonchev–Trinajstić information content (AvgIpc) is 2.89. The Morgan fingerprint density at radius 3 is 2.79 bits per heavy atom. The molecule has 0 saturated carbocycles. The summed E-state index contributed by atoms with van der Waals surface area (Å²) in [6.07, 6.45) is 4.97. The smallest absolute Gasteiger partial charge is 0.246 e. The molecule has 2 heterocycles. The van der Waals surface area contributed by atoms with Crippen LogP contribution in [0.4, 0.5) is 0 Å². The molecule has 0 radical (unpaired) electrons. The van der Waals surface area contributed by atoms with Crippen LogP contribution in [0, 0.1) is 0 Å². The lowest BCUT2D eigenvalue weighted by Gasteiger charge is -2.31. The molecule has 19 heavy (non-hydrogen) atoms. The average molecular weight is 286 g/mol. The normalized spacial score (nSPS) is 22.0. The number of hydrogen-bond donors (Lipinski definition) is 1. The molecule has 0 amide bonds. The molecule has 1 atom stereocenters. The maximum atomic E-state index is 12.5. The van der Waals surface area contributed by atoms with Gasteiger partial charge >= 0.3 is 0 Å². The lowest BCUT2D eigenvalue weighted by atomic mass is 10.1. The predicted octanol–water partition coefficient (Wildman–Crippen LogP) is 0.836. The van der Waals surface area contributed by atoms with Crippen molar-refractivity contribution in [3.05, 3.63) is 12.4 Å². The molecule has 1 aliphatic heterocycles. The van der Waals surface area contributed by atoms with Crippen molar-refractivity contribution < 1.29 is 8.42 Å². The van der Waals surface area contributed by atoms with E-state index in [1.54, 1.807) is 15.2 Å². The van der Waals surface area contributed by atoms with Gasteiger partial charge in [-0.25, -0.2) is 8.42 Å². The third-order valence-electron chi connectivity index (χ3n) is 3.54. The first-order valence-electron chi connectivity index (χ1n) is 6.66. The highest BCUT2D eigenvalue weighted by molar-refractivity contribution is 7.89. The zero-order valence-corrected chi connectivity index (χ0v) is 12.5. The van der Waals surface area contributed by atoms with Crippen molar-refractivity contribution in [2.45, 2.75) is 43.7 Å². The fourth-order valence-electron chi connectivity index (χ4n) is 2.28. The topological polar surface area (TPSA) is 67.2 Å². The van der Waals surface area contributed by atoms with Gasteiger partial charge in [0, 0.05) is 31.4 Å². The Hall–Kier alpha value is -0.920. The molecule has 108 valence electrons. The largest absolute Gasteiger partial charge is 0.316 e. The predicted molar refractivity (Wildman–Crippen MR) is 73.5 cm³/mol. The molecule has 1 fully saturated rings. The molecule has 0 bridgehead atoms. The molecule has 1 N–H and O–H groups in total. The minimum atomic E-state index is -3.41. The summed E-state index contributed by atoms with van der Waals surface area (Å²) in [5.41, 5.74) is 0. The van der Waals surface area contributed by atoms with Crippen molar-refractivity contribution in [3.8, 4) is 0 Å². The van der Waals surface area contributed by atoms with Gasteiger partial charge in [0.15, 0.2) is 0 Å². The summed E-state index contributed by atoms with van der Waals surface area (Å²) in [6, 6.07) is 0.402. The highest BCUT2D eigenvalue weighted by atomic mass is 32.2. The van der Waals surface area contributed by atoms with Gasteiger partial charge in [-0.2, -0.15) is 9.40 Å². The zero-order chi connectivity index (χ0) is 14.0. The molecule has 1 aliphatic rings. The number of hydrogen-bond acceptors (Lipinski definition) is 4. The lowest BCUT2D eigenvalue weighted by molar-refractivity contribution is 0.293. The highest BCUT2D eigenvalue weighted by Gasteiger charge is 2.30. The number of nitrogens with zero attached hydrogens (tertiary/aromatic N) is 3. The van der Waals surface area contributed by atoms with E-state index >= 15 is 0 Å². The van der Waals surface area contributed by atoms with Crippen molar-refractivity contribution in [1.29, 1.82) is 0 Å². The van der Waals surface area contributed by atoms with Gasteiger partial charge in [0.1, 0.15) is 4.90 Å². The van der Waals surface area contributed by atoms with E-state index in [0.717, 1.165) is 12.8 Å². The second kappa shape index (κ2) is 5.60. The Balaban J connectivity index is 2.21. The maximum Gasteiger partial charge on any atom is 0.246 e. The third kappa shape index (κ3) is 2.98. The molecule has 6 nitrogen and oxygen atoms in total. The van der Waals surface area contributed by atoms with Crippen LogP contribution < -0.4 is 5.32 Å². The summed E-state index contributed by atoms with van der Waals surface area (Å²) < 4.78 is 28.3. The first-order valence-corrected chi connectivity index (χ1v) is 8.10. The van der Waals surface area contributed by atoms with Crippen LogP contribution >= 0.6 is 0 Å². The van der Waals surface area contributed by atoms with E-state index < -0.39 is 10.0 Å².